The lowest BCUT2D eigenvalue weighted by Crippen LogP contribution is -2.46. The van der Waals surface area contributed by atoms with Crippen molar-refractivity contribution < 1.29 is 14.3 Å². The maximum atomic E-state index is 12.1. The number of urea groups is 1. The summed E-state index contributed by atoms with van der Waals surface area (Å²) in [6.45, 7) is 3.26. The standard InChI is InChI=1S/C17H22N2O3/c1-2-22-16(20)15-9-6-12-19(13-15)17(21)18-11-10-14-7-4-3-5-8-14/h3-5,7-8,10-11,15H,2,6,9,12-13H2,1H3,(H,18,21)/b11-10+. The molecule has 5 heteroatoms. The molecule has 1 aliphatic heterocycles. The molecule has 0 saturated carbocycles. The van der Waals surface area contributed by atoms with Gasteiger partial charge in [0, 0.05) is 19.3 Å². The Hall–Kier alpha value is -2.30. The molecule has 1 aromatic rings. The number of carbonyl (C=O) groups is 2. The summed E-state index contributed by atoms with van der Waals surface area (Å²) in [7, 11) is 0. The van der Waals surface area contributed by atoms with Gasteiger partial charge in [-0.3, -0.25) is 4.79 Å². The van der Waals surface area contributed by atoms with Crippen molar-refractivity contribution in [2.75, 3.05) is 19.7 Å². The van der Waals surface area contributed by atoms with E-state index in [-0.39, 0.29) is 17.9 Å². The first-order valence-corrected chi connectivity index (χ1v) is 7.64. The van der Waals surface area contributed by atoms with Crippen molar-refractivity contribution in [2.45, 2.75) is 19.8 Å². The van der Waals surface area contributed by atoms with Gasteiger partial charge in [0.05, 0.1) is 12.5 Å². The van der Waals surface area contributed by atoms with Crippen LogP contribution in [0.5, 0.6) is 0 Å². The fourth-order valence-corrected chi connectivity index (χ4v) is 2.48. The van der Waals surface area contributed by atoms with Crippen molar-refractivity contribution in [3.05, 3.63) is 42.1 Å². The van der Waals surface area contributed by atoms with Gasteiger partial charge in [0.25, 0.3) is 0 Å². The SMILES string of the molecule is CCOC(=O)C1CCCN(C(=O)N/C=C/c2ccccc2)C1. The van der Waals surface area contributed by atoms with Crippen molar-refractivity contribution in [1.29, 1.82) is 0 Å². The van der Waals surface area contributed by atoms with Crippen molar-refractivity contribution in [1.82, 2.24) is 10.2 Å². The normalized spacial score (nSPS) is 18.2. The van der Waals surface area contributed by atoms with E-state index in [0.717, 1.165) is 18.4 Å². The Morgan fingerprint density at radius 2 is 2.14 bits per heavy atom. The third kappa shape index (κ3) is 4.62. The highest BCUT2D eigenvalue weighted by Crippen LogP contribution is 2.18. The van der Waals surface area contributed by atoms with Crippen molar-refractivity contribution >= 4 is 18.1 Å². The number of carbonyl (C=O) groups excluding carboxylic acids is 2. The van der Waals surface area contributed by atoms with Gasteiger partial charge >= 0.3 is 12.0 Å². The summed E-state index contributed by atoms with van der Waals surface area (Å²) in [5.74, 6) is -0.419. The van der Waals surface area contributed by atoms with E-state index >= 15 is 0 Å². The van der Waals surface area contributed by atoms with E-state index in [9.17, 15) is 9.59 Å². The average Bonchev–Trinajstić information content (AvgIpc) is 2.56. The lowest BCUT2D eigenvalue weighted by molar-refractivity contribution is -0.149. The monoisotopic (exact) mass is 302 g/mol. The van der Waals surface area contributed by atoms with Gasteiger partial charge in [-0.2, -0.15) is 0 Å². The minimum atomic E-state index is -0.211. The van der Waals surface area contributed by atoms with Crippen LogP contribution in [0.2, 0.25) is 0 Å². The van der Waals surface area contributed by atoms with E-state index in [4.69, 9.17) is 4.74 Å². The molecule has 22 heavy (non-hydrogen) atoms. The first-order chi connectivity index (χ1) is 10.7. The van der Waals surface area contributed by atoms with E-state index < -0.39 is 0 Å². The van der Waals surface area contributed by atoms with Crippen molar-refractivity contribution in [2.24, 2.45) is 5.92 Å². The number of nitrogens with one attached hydrogen (secondary N) is 1. The predicted molar refractivity (Wildman–Crippen MR) is 84.9 cm³/mol. The molecule has 1 fully saturated rings. The van der Waals surface area contributed by atoms with Crippen LogP contribution in [0, 0.1) is 5.92 Å². The second-order valence-corrected chi connectivity index (χ2v) is 5.23. The first-order valence-electron chi connectivity index (χ1n) is 7.64. The Morgan fingerprint density at radius 1 is 1.36 bits per heavy atom. The number of esters is 1. The van der Waals surface area contributed by atoms with Crippen LogP contribution in [-0.2, 0) is 9.53 Å². The minimum absolute atomic E-state index is 0.179. The number of piperidine rings is 1. The highest BCUT2D eigenvalue weighted by atomic mass is 16.5. The third-order valence-electron chi connectivity index (χ3n) is 3.61. The number of ether oxygens (including phenoxy) is 1. The van der Waals surface area contributed by atoms with Gasteiger partial charge in [-0.1, -0.05) is 30.3 Å². The van der Waals surface area contributed by atoms with Crippen molar-refractivity contribution in [3.63, 3.8) is 0 Å². The van der Waals surface area contributed by atoms with E-state index in [2.05, 4.69) is 5.32 Å². The molecule has 0 bridgehead atoms. The Bertz CT molecular complexity index is 528. The fraction of sp³-hybridized carbons (Fsp3) is 0.412. The second kappa shape index (κ2) is 8.22. The van der Waals surface area contributed by atoms with Crippen LogP contribution < -0.4 is 5.32 Å². The summed E-state index contributed by atoms with van der Waals surface area (Å²) in [6, 6.07) is 9.56. The lowest BCUT2D eigenvalue weighted by atomic mass is 9.98. The summed E-state index contributed by atoms with van der Waals surface area (Å²) in [5, 5.41) is 2.75. The van der Waals surface area contributed by atoms with Crippen molar-refractivity contribution in [3.8, 4) is 0 Å². The van der Waals surface area contributed by atoms with Gasteiger partial charge in [-0.15, -0.1) is 0 Å². The van der Waals surface area contributed by atoms with Crippen LogP contribution in [0.25, 0.3) is 6.08 Å². The molecule has 5 nitrogen and oxygen atoms in total. The Balaban J connectivity index is 1.84. The molecular weight excluding hydrogens is 280 g/mol. The molecule has 1 aromatic carbocycles. The van der Waals surface area contributed by atoms with Crippen LogP contribution in [0.1, 0.15) is 25.3 Å². The second-order valence-electron chi connectivity index (χ2n) is 5.23. The lowest BCUT2D eigenvalue weighted by Gasteiger charge is -2.31. The zero-order chi connectivity index (χ0) is 15.8. The van der Waals surface area contributed by atoms with Gasteiger partial charge < -0.3 is 15.0 Å². The molecule has 0 aliphatic carbocycles. The van der Waals surface area contributed by atoms with Gasteiger partial charge in [-0.05, 0) is 31.4 Å². The molecule has 1 unspecified atom stereocenters. The number of benzene rings is 1. The molecule has 2 amide bonds. The molecule has 0 spiro atoms. The molecule has 1 heterocycles. The van der Waals surface area contributed by atoms with E-state index in [0.29, 0.717) is 19.7 Å². The first kappa shape index (κ1) is 16.1. The Labute approximate surface area is 130 Å². The number of nitrogens with zero attached hydrogens (tertiary/aromatic N) is 1. The fourth-order valence-electron chi connectivity index (χ4n) is 2.48. The third-order valence-corrected chi connectivity index (χ3v) is 3.61. The number of likely N-dealkylation sites (tertiary alicyclic amines) is 1. The molecule has 118 valence electrons. The number of amides is 2. The largest absolute Gasteiger partial charge is 0.466 e. The quantitative estimate of drug-likeness (QED) is 0.870. The van der Waals surface area contributed by atoms with Crippen LogP contribution in [-0.4, -0.2) is 36.6 Å². The number of hydrogen-bond donors (Lipinski definition) is 1. The maximum Gasteiger partial charge on any atom is 0.321 e. The Morgan fingerprint density at radius 3 is 2.86 bits per heavy atom. The topological polar surface area (TPSA) is 58.6 Å². The zero-order valence-corrected chi connectivity index (χ0v) is 12.8. The minimum Gasteiger partial charge on any atom is -0.466 e. The van der Waals surface area contributed by atoms with E-state index in [1.165, 1.54) is 0 Å². The molecule has 0 aromatic heterocycles. The molecule has 1 aliphatic rings. The highest BCUT2D eigenvalue weighted by molar-refractivity contribution is 5.78. The molecule has 1 N–H and O–H groups in total. The van der Waals surface area contributed by atoms with Crippen LogP contribution in [0.4, 0.5) is 4.79 Å². The van der Waals surface area contributed by atoms with Gasteiger partial charge in [0.2, 0.25) is 0 Å². The number of rotatable bonds is 4. The van der Waals surface area contributed by atoms with Gasteiger partial charge in [0.1, 0.15) is 0 Å². The average molecular weight is 302 g/mol. The predicted octanol–water partition coefficient (Wildman–Crippen LogP) is 2.64. The molecule has 1 atom stereocenters. The summed E-state index contributed by atoms with van der Waals surface area (Å²) >= 11 is 0. The summed E-state index contributed by atoms with van der Waals surface area (Å²) in [6.07, 6.45) is 5.07. The molecule has 0 radical (unpaired) electrons. The van der Waals surface area contributed by atoms with Crippen LogP contribution in [0.15, 0.2) is 36.5 Å². The van der Waals surface area contributed by atoms with E-state index in [1.54, 1.807) is 18.0 Å². The number of hydrogen-bond acceptors (Lipinski definition) is 3. The zero-order valence-electron chi connectivity index (χ0n) is 12.8. The Kier molecular flexibility index (Phi) is 6.01. The maximum absolute atomic E-state index is 12.1. The van der Waals surface area contributed by atoms with Crippen LogP contribution in [0.3, 0.4) is 0 Å². The summed E-state index contributed by atoms with van der Waals surface area (Å²) in [4.78, 5) is 25.6. The summed E-state index contributed by atoms with van der Waals surface area (Å²) in [5.41, 5.74) is 1.02. The van der Waals surface area contributed by atoms with Gasteiger partial charge in [-0.25, -0.2) is 4.79 Å². The van der Waals surface area contributed by atoms with E-state index in [1.807, 2.05) is 36.4 Å². The highest BCUT2D eigenvalue weighted by Gasteiger charge is 2.28. The summed E-state index contributed by atoms with van der Waals surface area (Å²) < 4.78 is 5.04. The molecular formula is C17H22N2O3. The molecule has 2 rings (SSSR count). The van der Waals surface area contributed by atoms with Crippen LogP contribution >= 0.6 is 0 Å². The van der Waals surface area contributed by atoms with Gasteiger partial charge in [0.15, 0.2) is 0 Å². The smallest absolute Gasteiger partial charge is 0.321 e. The molecule has 1 saturated heterocycles.